The van der Waals surface area contributed by atoms with E-state index in [9.17, 15) is 13.2 Å². The van der Waals surface area contributed by atoms with Crippen LogP contribution < -0.4 is 5.32 Å². The Kier molecular flexibility index (Phi) is 3.52. The lowest BCUT2D eigenvalue weighted by atomic mass is 10.2. The van der Waals surface area contributed by atoms with Crippen molar-refractivity contribution in [2.45, 2.75) is 37.5 Å². The summed E-state index contributed by atoms with van der Waals surface area (Å²) in [4.78, 5) is 11.9. The van der Waals surface area contributed by atoms with Crippen molar-refractivity contribution in [1.29, 1.82) is 0 Å². The number of nitrogens with zero attached hydrogens (tertiary/aromatic N) is 1. The van der Waals surface area contributed by atoms with Gasteiger partial charge in [0.25, 0.3) is 0 Å². The molecule has 0 saturated heterocycles. The third kappa shape index (κ3) is 2.45. The van der Waals surface area contributed by atoms with Gasteiger partial charge in [0.2, 0.25) is 15.9 Å². The van der Waals surface area contributed by atoms with Gasteiger partial charge in [0, 0.05) is 12.2 Å². The topological polar surface area (TPSA) is 66.5 Å². The number of fused-ring (bicyclic) bond motifs is 1. The van der Waals surface area contributed by atoms with E-state index in [1.165, 1.54) is 4.31 Å². The Labute approximate surface area is 119 Å². The fourth-order valence-electron chi connectivity index (χ4n) is 2.95. The van der Waals surface area contributed by atoms with E-state index >= 15 is 0 Å². The van der Waals surface area contributed by atoms with E-state index in [2.05, 4.69) is 5.32 Å². The molecule has 5 nitrogen and oxygen atoms in total. The fraction of sp³-hybridized carbons (Fsp3) is 0.500. The van der Waals surface area contributed by atoms with Crippen LogP contribution in [0.3, 0.4) is 0 Å². The van der Waals surface area contributed by atoms with Gasteiger partial charge in [0.05, 0.1) is 11.8 Å². The second kappa shape index (κ2) is 5.18. The minimum Gasteiger partial charge on any atom is -0.325 e. The SMILES string of the molecule is O=C1CN(S(=O)(=O)C2CCCC2)Cc2ccccc2N1. The van der Waals surface area contributed by atoms with Crippen LogP contribution in [0.5, 0.6) is 0 Å². The van der Waals surface area contributed by atoms with Crippen molar-refractivity contribution in [2.24, 2.45) is 0 Å². The van der Waals surface area contributed by atoms with Crippen LogP contribution in [0.1, 0.15) is 31.2 Å². The maximum atomic E-state index is 12.6. The molecule has 6 heteroatoms. The summed E-state index contributed by atoms with van der Waals surface area (Å²) in [5.74, 6) is -0.267. The minimum atomic E-state index is -3.39. The van der Waals surface area contributed by atoms with Crippen molar-refractivity contribution in [3.8, 4) is 0 Å². The van der Waals surface area contributed by atoms with Crippen LogP contribution in [-0.4, -0.2) is 30.4 Å². The first-order valence-electron chi connectivity index (χ1n) is 6.94. The number of hydrogen-bond acceptors (Lipinski definition) is 3. The number of nitrogens with one attached hydrogen (secondary N) is 1. The molecule has 0 aromatic heterocycles. The highest BCUT2D eigenvalue weighted by Gasteiger charge is 2.36. The highest BCUT2D eigenvalue weighted by molar-refractivity contribution is 7.89. The maximum Gasteiger partial charge on any atom is 0.239 e. The molecular weight excluding hydrogens is 276 g/mol. The summed E-state index contributed by atoms with van der Waals surface area (Å²) < 4.78 is 26.6. The Bertz CT molecular complexity index is 621. The molecule has 1 aliphatic heterocycles. The molecular formula is C14H18N2O3S. The van der Waals surface area contributed by atoms with Gasteiger partial charge in [-0.15, -0.1) is 0 Å². The molecule has 0 radical (unpaired) electrons. The summed E-state index contributed by atoms with van der Waals surface area (Å²) in [6.07, 6.45) is 3.34. The van der Waals surface area contributed by atoms with Crippen LogP contribution in [0.4, 0.5) is 5.69 Å². The van der Waals surface area contributed by atoms with E-state index in [4.69, 9.17) is 0 Å². The third-order valence-corrected chi connectivity index (χ3v) is 6.33. The number of hydrogen-bond donors (Lipinski definition) is 1. The molecule has 1 fully saturated rings. The minimum absolute atomic E-state index is 0.0898. The van der Waals surface area contributed by atoms with Gasteiger partial charge in [-0.2, -0.15) is 4.31 Å². The standard InChI is InChI=1S/C14H18N2O3S/c17-14-10-16(20(18,19)12-6-2-3-7-12)9-11-5-1-4-8-13(11)15-14/h1,4-5,8,12H,2-3,6-7,9-10H2,(H,15,17). The van der Waals surface area contributed by atoms with Gasteiger partial charge in [0.15, 0.2) is 0 Å². The zero-order valence-electron chi connectivity index (χ0n) is 11.2. The van der Waals surface area contributed by atoms with Crippen LogP contribution in [0, 0.1) is 0 Å². The van der Waals surface area contributed by atoms with Gasteiger partial charge in [0.1, 0.15) is 0 Å². The smallest absolute Gasteiger partial charge is 0.239 e. The number of para-hydroxylation sites is 1. The molecule has 1 N–H and O–H groups in total. The molecule has 1 aliphatic carbocycles. The Hall–Kier alpha value is -1.40. The van der Waals surface area contributed by atoms with E-state index in [-0.39, 0.29) is 24.2 Å². The quantitative estimate of drug-likeness (QED) is 0.903. The van der Waals surface area contributed by atoms with Crippen LogP contribution in [0.2, 0.25) is 0 Å². The Morgan fingerprint density at radius 3 is 2.55 bits per heavy atom. The predicted octanol–water partition coefficient (Wildman–Crippen LogP) is 1.71. The summed E-state index contributed by atoms with van der Waals surface area (Å²) in [5.41, 5.74) is 1.56. The van der Waals surface area contributed by atoms with Crippen LogP contribution in [0.15, 0.2) is 24.3 Å². The van der Waals surface area contributed by atoms with E-state index in [0.717, 1.165) is 18.4 Å². The Balaban J connectivity index is 1.92. The highest BCUT2D eigenvalue weighted by atomic mass is 32.2. The molecule has 1 aromatic carbocycles. The first-order chi connectivity index (χ1) is 9.57. The van der Waals surface area contributed by atoms with Gasteiger partial charge in [-0.25, -0.2) is 8.42 Å². The van der Waals surface area contributed by atoms with E-state index < -0.39 is 10.0 Å². The zero-order chi connectivity index (χ0) is 14.2. The second-order valence-corrected chi connectivity index (χ2v) is 7.64. The van der Waals surface area contributed by atoms with Crippen molar-refractivity contribution >= 4 is 21.6 Å². The normalized spacial score (nSPS) is 21.3. The lowest BCUT2D eigenvalue weighted by molar-refractivity contribution is -0.116. The third-order valence-electron chi connectivity index (χ3n) is 4.04. The Morgan fingerprint density at radius 2 is 1.80 bits per heavy atom. The largest absolute Gasteiger partial charge is 0.325 e. The average molecular weight is 294 g/mol. The molecule has 0 spiro atoms. The van der Waals surface area contributed by atoms with E-state index in [0.29, 0.717) is 18.5 Å². The lowest BCUT2D eigenvalue weighted by Crippen LogP contribution is -2.40. The molecule has 20 heavy (non-hydrogen) atoms. The molecule has 3 rings (SSSR count). The number of amides is 1. The fourth-order valence-corrected chi connectivity index (χ4v) is 4.92. The number of anilines is 1. The zero-order valence-corrected chi connectivity index (χ0v) is 12.0. The summed E-state index contributed by atoms with van der Waals surface area (Å²) in [6, 6.07) is 7.36. The second-order valence-electron chi connectivity index (χ2n) is 5.42. The molecule has 0 bridgehead atoms. The van der Waals surface area contributed by atoms with Crippen LogP contribution in [0.25, 0.3) is 0 Å². The average Bonchev–Trinajstić information content (AvgIpc) is 2.89. The van der Waals surface area contributed by atoms with Gasteiger partial charge in [-0.1, -0.05) is 31.0 Å². The molecule has 108 valence electrons. The summed E-state index contributed by atoms with van der Waals surface area (Å²) in [5, 5.41) is 2.45. The van der Waals surface area contributed by atoms with Crippen molar-refractivity contribution in [1.82, 2.24) is 4.31 Å². The number of carbonyl (C=O) groups excluding carboxylic acids is 1. The summed E-state index contributed by atoms with van der Waals surface area (Å²) in [7, 11) is -3.39. The molecule has 0 atom stereocenters. The van der Waals surface area contributed by atoms with Gasteiger partial charge < -0.3 is 5.32 Å². The molecule has 1 saturated carbocycles. The molecule has 2 aliphatic rings. The monoisotopic (exact) mass is 294 g/mol. The van der Waals surface area contributed by atoms with Crippen molar-refractivity contribution in [3.05, 3.63) is 29.8 Å². The van der Waals surface area contributed by atoms with Crippen LogP contribution >= 0.6 is 0 Å². The maximum absolute atomic E-state index is 12.6. The van der Waals surface area contributed by atoms with Gasteiger partial charge >= 0.3 is 0 Å². The van der Waals surface area contributed by atoms with Gasteiger partial charge in [-0.05, 0) is 24.5 Å². The Morgan fingerprint density at radius 1 is 1.10 bits per heavy atom. The molecule has 0 unspecified atom stereocenters. The van der Waals surface area contributed by atoms with Crippen LogP contribution in [-0.2, 0) is 21.4 Å². The van der Waals surface area contributed by atoms with Gasteiger partial charge in [-0.3, -0.25) is 4.79 Å². The van der Waals surface area contributed by atoms with E-state index in [1.807, 2.05) is 18.2 Å². The molecule has 1 aromatic rings. The van der Waals surface area contributed by atoms with E-state index in [1.54, 1.807) is 6.07 Å². The first kappa shape index (κ1) is 13.6. The van der Waals surface area contributed by atoms with Crippen molar-refractivity contribution < 1.29 is 13.2 Å². The molecule has 1 amide bonds. The predicted molar refractivity (Wildman–Crippen MR) is 76.7 cm³/mol. The first-order valence-corrected chi connectivity index (χ1v) is 8.44. The number of sulfonamides is 1. The number of benzene rings is 1. The number of rotatable bonds is 2. The highest BCUT2D eigenvalue weighted by Crippen LogP contribution is 2.30. The number of carbonyl (C=O) groups is 1. The van der Waals surface area contributed by atoms with Crippen molar-refractivity contribution in [3.63, 3.8) is 0 Å². The van der Waals surface area contributed by atoms with Crippen molar-refractivity contribution in [2.75, 3.05) is 11.9 Å². The molecule has 1 heterocycles. The lowest BCUT2D eigenvalue weighted by Gasteiger charge is -2.23. The summed E-state index contributed by atoms with van der Waals surface area (Å²) in [6.45, 7) is 0.182. The summed E-state index contributed by atoms with van der Waals surface area (Å²) >= 11 is 0.